The molecule has 1 aliphatic rings. The Labute approximate surface area is 165 Å². The highest BCUT2D eigenvalue weighted by Gasteiger charge is 2.18. The summed E-state index contributed by atoms with van der Waals surface area (Å²) >= 11 is 3.28. The van der Waals surface area contributed by atoms with Crippen molar-refractivity contribution in [1.82, 2.24) is 19.6 Å². The molecule has 0 atom stereocenters. The Bertz CT molecular complexity index is 880. The third-order valence-electron chi connectivity index (χ3n) is 4.44. The lowest BCUT2D eigenvalue weighted by molar-refractivity contribution is -0.130. The second kappa shape index (κ2) is 8.47. The summed E-state index contributed by atoms with van der Waals surface area (Å²) in [4.78, 5) is 27.3. The van der Waals surface area contributed by atoms with E-state index in [2.05, 4.69) is 21.0 Å². The van der Waals surface area contributed by atoms with Gasteiger partial charge in [0.2, 0.25) is 11.8 Å². The molecule has 1 aliphatic heterocycles. The zero-order valence-corrected chi connectivity index (χ0v) is 16.5. The van der Waals surface area contributed by atoms with Crippen LogP contribution in [-0.2, 0) is 9.59 Å². The van der Waals surface area contributed by atoms with Gasteiger partial charge in [-0.05, 0) is 46.1 Å². The monoisotopic (exact) mass is 434 g/mol. The van der Waals surface area contributed by atoms with E-state index < -0.39 is 5.82 Å². The number of benzene rings is 1. The van der Waals surface area contributed by atoms with Crippen molar-refractivity contribution >= 4 is 33.8 Å². The quantitative estimate of drug-likeness (QED) is 0.697. The number of hydrogen-bond acceptors (Lipinski definition) is 3. The van der Waals surface area contributed by atoms with E-state index in [9.17, 15) is 14.0 Å². The Morgan fingerprint density at radius 3 is 2.59 bits per heavy atom. The van der Waals surface area contributed by atoms with Crippen molar-refractivity contribution in [3.8, 4) is 5.69 Å². The molecule has 2 aromatic rings. The number of nitrogens with zero attached hydrogens (tertiary/aromatic N) is 4. The molecule has 8 heteroatoms. The van der Waals surface area contributed by atoms with Crippen molar-refractivity contribution < 1.29 is 14.0 Å². The van der Waals surface area contributed by atoms with E-state index in [4.69, 9.17) is 0 Å². The highest BCUT2D eigenvalue weighted by atomic mass is 79.9. The van der Waals surface area contributed by atoms with Crippen molar-refractivity contribution in [3.63, 3.8) is 0 Å². The molecule has 3 rings (SSSR count). The molecular formula is C19H20BrFN4O2. The topological polar surface area (TPSA) is 58.4 Å². The van der Waals surface area contributed by atoms with E-state index in [1.165, 1.54) is 23.7 Å². The molecule has 1 aromatic carbocycles. The Morgan fingerprint density at radius 1 is 1.19 bits per heavy atom. The van der Waals surface area contributed by atoms with Gasteiger partial charge in [-0.1, -0.05) is 6.07 Å². The summed E-state index contributed by atoms with van der Waals surface area (Å²) in [7, 11) is 0. The molecule has 6 nitrogen and oxygen atoms in total. The smallest absolute Gasteiger partial charge is 0.246 e. The molecule has 2 amide bonds. The Morgan fingerprint density at radius 2 is 1.93 bits per heavy atom. The van der Waals surface area contributed by atoms with Gasteiger partial charge in [0.25, 0.3) is 0 Å². The summed E-state index contributed by atoms with van der Waals surface area (Å²) in [6.45, 7) is 3.85. The fourth-order valence-corrected chi connectivity index (χ4v) is 3.26. The Balaban J connectivity index is 1.66. The average Bonchev–Trinajstić information content (AvgIpc) is 2.91. The van der Waals surface area contributed by atoms with E-state index in [0.717, 1.165) is 10.9 Å². The number of aromatic nitrogens is 2. The highest BCUT2D eigenvalue weighted by molar-refractivity contribution is 9.10. The van der Waals surface area contributed by atoms with Gasteiger partial charge >= 0.3 is 0 Å². The van der Waals surface area contributed by atoms with Crippen molar-refractivity contribution in [3.05, 3.63) is 52.5 Å². The first-order valence-corrected chi connectivity index (χ1v) is 9.46. The third-order valence-corrected chi connectivity index (χ3v) is 4.85. The number of rotatable bonds is 3. The van der Waals surface area contributed by atoms with Crippen LogP contribution in [0.4, 0.5) is 4.39 Å². The number of amides is 2. The van der Waals surface area contributed by atoms with Gasteiger partial charge in [-0.2, -0.15) is 5.10 Å². The average molecular weight is 435 g/mol. The van der Waals surface area contributed by atoms with Gasteiger partial charge in [-0.25, -0.2) is 9.07 Å². The SMILES string of the molecule is CC(=O)N1CCCN(C(=O)/C=C/c2ccc(-n3cc(Br)cn3)c(F)c2)CC1. The van der Waals surface area contributed by atoms with Crippen molar-refractivity contribution in [2.24, 2.45) is 0 Å². The summed E-state index contributed by atoms with van der Waals surface area (Å²) in [5, 5.41) is 4.06. The maximum absolute atomic E-state index is 14.4. The number of halogens is 2. The first-order chi connectivity index (χ1) is 12.9. The molecule has 1 fully saturated rings. The van der Waals surface area contributed by atoms with Crippen LogP contribution in [0.5, 0.6) is 0 Å². The van der Waals surface area contributed by atoms with Crippen LogP contribution in [0.1, 0.15) is 18.9 Å². The number of carbonyl (C=O) groups excluding carboxylic acids is 2. The van der Waals surface area contributed by atoms with Crippen LogP contribution in [0.2, 0.25) is 0 Å². The summed E-state index contributed by atoms with van der Waals surface area (Å²) in [6, 6.07) is 4.72. The van der Waals surface area contributed by atoms with Gasteiger partial charge in [0.05, 0.1) is 10.7 Å². The first-order valence-electron chi connectivity index (χ1n) is 8.66. The van der Waals surface area contributed by atoms with E-state index in [-0.39, 0.29) is 11.8 Å². The number of carbonyl (C=O) groups is 2. The molecular weight excluding hydrogens is 415 g/mol. The van der Waals surface area contributed by atoms with Crippen LogP contribution in [0.15, 0.2) is 41.1 Å². The van der Waals surface area contributed by atoms with Gasteiger partial charge in [-0.3, -0.25) is 9.59 Å². The predicted octanol–water partition coefficient (Wildman–Crippen LogP) is 2.87. The molecule has 27 heavy (non-hydrogen) atoms. The van der Waals surface area contributed by atoms with Gasteiger partial charge in [0.1, 0.15) is 11.5 Å². The summed E-state index contributed by atoms with van der Waals surface area (Å²) in [5.74, 6) is -0.535. The molecule has 0 N–H and O–H groups in total. The minimum atomic E-state index is -0.424. The number of hydrogen-bond donors (Lipinski definition) is 0. The fourth-order valence-electron chi connectivity index (χ4n) is 2.97. The molecule has 0 bridgehead atoms. The van der Waals surface area contributed by atoms with Crippen LogP contribution in [-0.4, -0.2) is 57.6 Å². The minimum Gasteiger partial charge on any atom is -0.341 e. The van der Waals surface area contributed by atoms with Gasteiger partial charge in [0, 0.05) is 45.4 Å². The minimum absolute atomic E-state index is 0.0274. The van der Waals surface area contributed by atoms with Crippen LogP contribution in [0.25, 0.3) is 11.8 Å². The predicted molar refractivity (Wildman–Crippen MR) is 104 cm³/mol. The third kappa shape index (κ3) is 4.82. The summed E-state index contributed by atoms with van der Waals surface area (Å²) in [6.07, 6.45) is 7.05. The van der Waals surface area contributed by atoms with Crippen molar-refractivity contribution in [1.29, 1.82) is 0 Å². The standard InChI is InChI=1S/C19H20BrFN4O2/c1-14(26)23-7-2-8-24(10-9-23)19(27)6-4-15-3-5-18(17(21)11-15)25-13-16(20)12-22-25/h3-6,11-13H,2,7-10H2,1H3/b6-4+. The Kier molecular flexibility index (Phi) is 6.05. The molecule has 0 unspecified atom stereocenters. The second-order valence-electron chi connectivity index (χ2n) is 6.33. The lowest BCUT2D eigenvalue weighted by atomic mass is 10.2. The van der Waals surface area contributed by atoms with E-state index >= 15 is 0 Å². The molecule has 0 aliphatic carbocycles. The van der Waals surface area contributed by atoms with Gasteiger partial charge in [-0.15, -0.1) is 0 Å². The van der Waals surface area contributed by atoms with Crippen LogP contribution < -0.4 is 0 Å². The van der Waals surface area contributed by atoms with Crippen molar-refractivity contribution in [2.75, 3.05) is 26.2 Å². The van der Waals surface area contributed by atoms with Gasteiger partial charge < -0.3 is 9.80 Å². The zero-order valence-electron chi connectivity index (χ0n) is 14.9. The van der Waals surface area contributed by atoms with Crippen LogP contribution >= 0.6 is 15.9 Å². The van der Waals surface area contributed by atoms with Crippen molar-refractivity contribution in [2.45, 2.75) is 13.3 Å². The van der Waals surface area contributed by atoms with Crippen LogP contribution in [0, 0.1) is 5.82 Å². The molecule has 0 saturated carbocycles. The molecule has 1 saturated heterocycles. The molecule has 0 spiro atoms. The maximum atomic E-state index is 14.4. The van der Waals surface area contributed by atoms with Gasteiger partial charge in [0.15, 0.2) is 0 Å². The largest absolute Gasteiger partial charge is 0.341 e. The molecule has 2 heterocycles. The second-order valence-corrected chi connectivity index (χ2v) is 7.25. The molecule has 0 radical (unpaired) electrons. The van der Waals surface area contributed by atoms with E-state index in [1.807, 2.05) is 0 Å². The van der Waals surface area contributed by atoms with Crippen LogP contribution in [0.3, 0.4) is 0 Å². The highest BCUT2D eigenvalue weighted by Crippen LogP contribution is 2.18. The zero-order chi connectivity index (χ0) is 19.4. The lowest BCUT2D eigenvalue weighted by Gasteiger charge is -2.20. The fraction of sp³-hybridized carbons (Fsp3) is 0.316. The first kappa shape index (κ1) is 19.3. The maximum Gasteiger partial charge on any atom is 0.246 e. The lowest BCUT2D eigenvalue weighted by Crippen LogP contribution is -2.35. The molecule has 142 valence electrons. The van der Waals surface area contributed by atoms with E-state index in [1.54, 1.807) is 40.4 Å². The van der Waals surface area contributed by atoms with E-state index in [0.29, 0.717) is 37.4 Å². The Hall–Kier alpha value is -2.48. The summed E-state index contributed by atoms with van der Waals surface area (Å²) < 4.78 is 16.6. The normalized spacial score (nSPS) is 15.2. The summed E-state index contributed by atoms with van der Waals surface area (Å²) in [5.41, 5.74) is 0.928. The molecule has 1 aromatic heterocycles.